The zero-order valence-corrected chi connectivity index (χ0v) is 8.40. The van der Waals surface area contributed by atoms with Gasteiger partial charge in [0.15, 0.2) is 0 Å². The fourth-order valence-corrected chi connectivity index (χ4v) is 1.80. The van der Waals surface area contributed by atoms with Crippen LogP contribution in [-0.4, -0.2) is 5.78 Å². The van der Waals surface area contributed by atoms with E-state index in [2.05, 4.69) is 0 Å². The van der Waals surface area contributed by atoms with Crippen LogP contribution in [0.25, 0.3) is 0 Å². The normalized spacial score (nSPS) is 17.2. The van der Waals surface area contributed by atoms with Gasteiger partial charge >= 0.3 is 0 Å². The molecular weight excluding hydrogens is 207 g/mol. The number of ketones is 1. The average Bonchev–Trinajstić information content (AvgIpc) is 2.05. The van der Waals surface area contributed by atoms with Crippen LogP contribution in [-0.2, 0) is 4.79 Å². The molecule has 1 aromatic rings. The molecule has 0 unspecified atom stereocenters. The molecule has 0 saturated heterocycles. The lowest BCUT2D eigenvalue weighted by atomic mass is 9.79. The van der Waals surface area contributed by atoms with E-state index in [-0.39, 0.29) is 0 Å². The lowest BCUT2D eigenvalue weighted by Crippen LogP contribution is -2.20. The molecule has 0 aliphatic heterocycles. The second-order valence-electron chi connectivity index (χ2n) is 3.32. The first kappa shape index (κ1) is 9.04. The Bertz CT molecular complexity index is 352. The van der Waals surface area contributed by atoms with Gasteiger partial charge in [0.05, 0.1) is 10.0 Å². The Morgan fingerprint density at radius 3 is 2.38 bits per heavy atom. The van der Waals surface area contributed by atoms with Crippen LogP contribution in [0, 0.1) is 0 Å². The Morgan fingerprint density at radius 1 is 1.15 bits per heavy atom. The predicted molar refractivity (Wildman–Crippen MR) is 53.4 cm³/mol. The molecule has 0 atom stereocenters. The predicted octanol–water partition coefficient (Wildman–Crippen LogP) is 3.44. The molecule has 1 aliphatic carbocycles. The number of carbonyl (C=O) groups is 1. The van der Waals surface area contributed by atoms with Crippen molar-refractivity contribution in [1.82, 2.24) is 0 Å². The Hall–Kier alpha value is -0.530. The van der Waals surface area contributed by atoms with Gasteiger partial charge in [-0.25, -0.2) is 0 Å². The first-order valence-corrected chi connectivity index (χ1v) is 4.89. The van der Waals surface area contributed by atoms with Crippen molar-refractivity contribution in [3.05, 3.63) is 33.8 Å². The first-order valence-electron chi connectivity index (χ1n) is 4.13. The summed E-state index contributed by atoms with van der Waals surface area (Å²) in [5, 5.41) is 1.13. The maximum atomic E-state index is 10.8. The van der Waals surface area contributed by atoms with Crippen molar-refractivity contribution in [2.45, 2.75) is 18.8 Å². The lowest BCUT2D eigenvalue weighted by molar-refractivity contribution is -0.124. The van der Waals surface area contributed by atoms with Gasteiger partial charge < -0.3 is 0 Å². The van der Waals surface area contributed by atoms with Crippen LogP contribution in [0.2, 0.25) is 10.0 Å². The monoisotopic (exact) mass is 214 g/mol. The molecule has 0 spiro atoms. The largest absolute Gasteiger partial charge is 0.300 e. The van der Waals surface area contributed by atoms with Gasteiger partial charge in [-0.2, -0.15) is 0 Å². The van der Waals surface area contributed by atoms with E-state index >= 15 is 0 Å². The van der Waals surface area contributed by atoms with E-state index < -0.39 is 0 Å². The van der Waals surface area contributed by atoms with E-state index in [4.69, 9.17) is 23.2 Å². The molecule has 1 fully saturated rings. The van der Waals surface area contributed by atoms with Gasteiger partial charge in [-0.15, -0.1) is 0 Å². The van der Waals surface area contributed by atoms with E-state index in [0.717, 1.165) is 5.56 Å². The average molecular weight is 215 g/mol. The third-order valence-electron chi connectivity index (χ3n) is 2.36. The van der Waals surface area contributed by atoms with Crippen molar-refractivity contribution in [2.24, 2.45) is 0 Å². The maximum absolute atomic E-state index is 10.8. The highest BCUT2D eigenvalue weighted by atomic mass is 35.5. The molecule has 0 N–H and O–H groups in total. The number of benzene rings is 1. The van der Waals surface area contributed by atoms with Crippen molar-refractivity contribution in [1.29, 1.82) is 0 Å². The molecule has 0 heterocycles. The van der Waals surface area contributed by atoms with E-state index in [1.807, 2.05) is 12.1 Å². The van der Waals surface area contributed by atoms with Crippen LogP contribution in [0.4, 0.5) is 0 Å². The minimum atomic E-state index is 0.330. The van der Waals surface area contributed by atoms with Crippen molar-refractivity contribution >= 4 is 29.0 Å². The van der Waals surface area contributed by atoms with Crippen molar-refractivity contribution in [3.63, 3.8) is 0 Å². The van der Waals surface area contributed by atoms with Crippen LogP contribution < -0.4 is 0 Å². The Morgan fingerprint density at radius 2 is 1.85 bits per heavy atom. The van der Waals surface area contributed by atoms with Gasteiger partial charge in [0, 0.05) is 12.8 Å². The Labute approximate surface area is 86.7 Å². The molecule has 1 aliphatic rings. The third-order valence-corrected chi connectivity index (χ3v) is 3.10. The van der Waals surface area contributed by atoms with E-state index in [0.29, 0.717) is 34.6 Å². The minimum absolute atomic E-state index is 0.330. The summed E-state index contributed by atoms with van der Waals surface area (Å²) in [4.78, 5) is 10.8. The van der Waals surface area contributed by atoms with Gasteiger partial charge in [0.1, 0.15) is 5.78 Å². The quantitative estimate of drug-likeness (QED) is 0.701. The number of hydrogen-bond donors (Lipinski definition) is 0. The summed E-state index contributed by atoms with van der Waals surface area (Å²) in [6, 6.07) is 5.56. The highest BCUT2D eigenvalue weighted by molar-refractivity contribution is 6.42. The second kappa shape index (κ2) is 3.32. The first-order chi connectivity index (χ1) is 6.16. The second-order valence-corrected chi connectivity index (χ2v) is 4.13. The molecule has 0 radical (unpaired) electrons. The molecule has 0 amide bonds. The summed E-state index contributed by atoms with van der Waals surface area (Å²) in [5.74, 6) is 0.693. The van der Waals surface area contributed by atoms with Crippen molar-refractivity contribution in [3.8, 4) is 0 Å². The zero-order chi connectivity index (χ0) is 9.42. The molecule has 1 saturated carbocycles. The van der Waals surface area contributed by atoms with Gasteiger partial charge in [-0.1, -0.05) is 29.3 Å². The van der Waals surface area contributed by atoms with Crippen LogP contribution in [0.15, 0.2) is 18.2 Å². The molecule has 68 valence electrons. The molecule has 3 heteroatoms. The summed E-state index contributed by atoms with van der Waals surface area (Å²) in [7, 11) is 0. The highest BCUT2D eigenvalue weighted by Crippen LogP contribution is 2.36. The molecule has 2 rings (SSSR count). The van der Waals surface area contributed by atoms with E-state index in [1.54, 1.807) is 6.07 Å². The Kier molecular flexibility index (Phi) is 2.31. The maximum Gasteiger partial charge on any atom is 0.134 e. The summed E-state index contributed by atoms with van der Waals surface area (Å²) >= 11 is 11.6. The van der Waals surface area contributed by atoms with Crippen LogP contribution in [0.5, 0.6) is 0 Å². The molecule has 13 heavy (non-hydrogen) atoms. The van der Waals surface area contributed by atoms with Gasteiger partial charge in [-0.3, -0.25) is 4.79 Å². The topological polar surface area (TPSA) is 17.1 Å². The SMILES string of the molecule is O=C1CC(c2ccc(Cl)c(Cl)c2)C1. The number of Topliss-reactive ketones (excluding diaryl/α,β-unsaturated/α-hetero) is 1. The van der Waals surface area contributed by atoms with Crippen molar-refractivity contribution < 1.29 is 4.79 Å². The number of carbonyl (C=O) groups excluding carboxylic acids is 1. The number of hydrogen-bond acceptors (Lipinski definition) is 1. The fourth-order valence-electron chi connectivity index (χ4n) is 1.49. The summed E-state index contributed by atoms with van der Waals surface area (Å²) < 4.78 is 0. The van der Waals surface area contributed by atoms with Gasteiger partial charge in [-0.05, 0) is 23.6 Å². The highest BCUT2D eigenvalue weighted by Gasteiger charge is 2.27. The van der Waals surface area contributed by atoms with E-state index in [1.165, 1.54) is 0 Å². The van der Waals surface area contributed by atoms with E-state index in [9.17, 15) is 4.79 Å². The molecule has 0 bridgehead atoms. The summed E-state index contributed by atoms with van der Waals surface area (Å²) in [6.45, 7) is 0. The lowest BCUT2D eigenvalue weighted by Gasteiger charge is -2.24. The Balaban J connectivity index is 2.22. The fraction of sp³-hybridized carbons (Fsp3) is 0.300. The zero-order valence-electron chi connectivity index (χ0n) is 6.89. The number of rotatable bonds is 1. The summed E-state index contributed by atoms with van der Waals surface area (Å²) in [6.07, 6.45) is 1.30. The van der Waals surface area contributed by atoms with Gasteiger partial charge in [0.25, 0.3) is 0 Å². The smallest absolute Gasteiger partial charge is 0.134 e. The molecular formula is C10H8Cl2O. The van der Waals surface area contributed by atoms with Crippen LogP contribution in [0.1, 0.15) is 24.3 Å². The third kappa shape index (κ3) is 1.72. The van der Waals surface area contributed by atoms with Crippen molar-refractivity contribution in [2.75, 3.05) is 0 Å². The molecule has 1 aromatic carbocycles. The molecule has 1 nitrogen and oxygen atoms in total. The van der Waals surface area contributed by atoms with Gasteiger partial charge in [0.2, 0.25) is 0 Å². The van der Waals surface area contributed by atoms with Crippen LogP contribution >= 0.6 is 23.2 Å². The minimum Gasteiger partial charge on any atom is -0.300 e. The van der Waals surface area contributed by atoms with Crippen LogP contribution in [0.3, 0.4) is 0 Å². The number of halogens is 2. The summed E-state index contributed by atoms with van der Waals surface area (Å²) in [5.41, 5.74) is 1.12. The molecule has 0 aromatic heterocycles. The standard InChI is InChI=1S/C10H8Cl2O/c11-9-2-1-6(5-10(9)12)7-3-8(13)4-7/h1-2,5,7H,3-4H2.